The summed E-state index contributed by atoms with van der Waals surface area (Å²) in [6, 6.07) is 12.2. The second-order valence-electron chi connectivity index (χ2n) is 5.90. The summed E-state index contributed by atoms with van der Waals surface area (Å²) < 4.78 is 5.24. The Bertz CT molecular complexity index is 993. The Balaban J connectivity index is 1.68. The van der Waals surface area contributed by atoms with Gasteiger partial charge in [0.25, 0.3) is 0 Å². The highest BCUT2D eigenvalue weighted by molar-refractivity contribution is 7.18. The van der Waals surface area contributed by atoms with Gasteiger partial charge in [0.1, 0.15) is 10.6 Å². The maximum absolute atomic E-state index is 5.24. The van der Waals surface area contributed by atoms with Crippen LogP contribution < -0.4 is 5.32 Å². The number of hydrogen-bond acceptors (Lipinski definition) is 6. The molecule has 0 fully saturated rings. The first-order valence-corrected chi connectivity index (χ1v) is 9.00. The number of aromatic nitrogens is 3. The van der Waals surface area contributed by atoms with Crippen LogP contribution in [-0.2, 0) is 6.42 Å². The van der Waals surface area contributed by atoms with Gasteiger partial charge >= 0.3 is 0 Å². The van der Waals surface area contributed by atoms with E-state index in [0.717, 1.165) is 29.0 Å². The summed E-state index contributed by atoms with van der Waals surface area (Å²) in [5.74, 6) is 2.00. The minimum atomic E-state index is 0.563. The average Bonchev–Trinajstić information content (AvgIpc) is 3.25. The zero-order chi connectivity index (χ0) is 17.2. The summed E-state index contributed by atoms with van der Waals surface area (Å²) in [5, 5.41) is 8.34. The van der Waals surface area contributed by atoms with Crippen molar-refractivity contribution in [1.29, 1.82) is 0 Å². The fourth-order valence-electron chi connectivity index (χ4n) is 2.79. The number of thiophene rings is 1. The van der Waals surface area contributed by atoms with E-state index in [2.05, 4.69) is 53.6 Å². The van der Waals surface area contributed by atoms with Gasteiger partial charge in [0.2, 0.25) is 11.6 Å². The molecule has 1 aromatic carbocycles. The number of rotatable bonds is 5. The van der Waals surface area contributed by atoms with Crippen molar-refractivity contribution in [3.05, 3.63) is 58.6 Å². The van der Waals surface area contributed by atoms with Gasteiger partial charge in [0.15, 0.2) is 0 Å². The molecule has 0 aliphatic carbocycles. The van der Waals surface area contributed by atoms with E-state index in [1.807, 2.05) is 6.07 Å². The van der Waals surface area contributed by atoms with E-state index in [4.69, 9.17) is 9.51 Å². The molecule has 0 aliphatic heterocycles. The molecule has 0 aliphatic rings. The van der Waals surface area contributed by atoms with Gasteiger partial charge in [-0.2, -0.15) is 0 Å². The second-order valence-corrected chi connectivity index (χ2v) is 7.10. The second kappa shape index (κ2) is 6.64. The molecule has 0 atom stereocenters. The van der Waals surface area contributed by atoms with Crippen LogP contribution in [0.25, 0.3) is 21.8 Å². The van der Waals surface area contributed by atoms with E-state index >= 15 is 0 Å². The highest BCUT2D eigenvalue weighted by atomic mass is 32.1. The van der Waals surface area contributed by atoms with Crippen molar-refractivity contribution in [1.82, 2.24) is 15.1 Å². The van der Waals surface area contributed by atoms with Crippen molar-refractivity contribution < 1.29 is 4.52 Å². The number of benzene rings is 1. The molecule has 3 aromatic heterocycles. The summed E-state index contributed by atoms with van der Waals surface area (Å²) in [6.45, 7) is 5.04. The van der Waals surface area contributed by atoms with Crippen molar-refractivity contribution in [2.24, 2.45) is 0 Å². The molecule has 4 aromatic rings. The largest absolute Gasteiger partial charge is 0.369 e. The van der Waals surface area contributed by atoms with Gasteiger partial charge in [-0.3, -0.25) is 0 Å². The Morgan fingerprint density at radius 2 is 1.92 bits per heavy atom. The van der Waals surface area contributed by atoms with Crippen LogP contribution in [0.3, 0.4) is 0 Å². The predicted molar refractivity (Wildman–Crippen MR) is 101 cm³/mol. The van der Waals surface area contributed by atoms with Gasteiger partial charge < -0.3 is 9.84 Å². The molecule has 5 nitrogen and oxygen atoms in total. The first-order valence-electron chi connectivity index (χ1n) is 8.19. The van der Waals surface area contributed by atoms with Crippen LogP contribution in [0.5, 0.6) is 0 Å². The smallest absolute Gasteiger partial charge is 0.204 e. The van der Waals surface area contributed by atoms with E-state index < -0.39 is 0 Å². The quantitative estimate of drug-likeness (QED) is 0.569. The third kappa shape index (κ3) is 3.13. The van der Waals surface area contributed by atoms with Crippen LogP contribution in [0.1, 0.15) is 16.0 Å². The number of hydrogen-bond donors (Lipinski definition) is 1. The molecule has 0 saturated heterocycles. The normalized spacial score (nSPS) is 11.1. The lowest BCUT2D eigenvalue weighted by molar-refractivity contribution is 0.430. The first kappa shape index (κ1) is 15.8. The third-order valence-electron chi connectivity index (χ3n) is 4.24. The molecule has 126 valence electrons. The van der Waals surface area contributed by atoms with E-state index in [9.17, 15) is 0 Å². The number of nitrogens with zero attached hydrogens (tertiary/aromatic N) is 3. The van der Waals surface area contributed by atoms with Crippen LogP contribution in [0.15, 0.2) is 47.1 Å². The number of fused-ring (bicyclic) bond motifs is 1. The number of anilines is 1. The summed E-state index contributed by atoms with van der Waals surface area (Å²) in [7, 11) is 0. The van der Waals surface area contributed by atoms with Crippen molar-refractivity contribution in [3.63, 3.8) is 0 Å². The van der Waals surface area contributed by atoms with Crippen molar-refractivity contribution in [2.75, 3.05) is 11.9 Å². The lowest BCUT2D eigenvalue weighted by Crippen LogP contribution is -2.08. The molecule has 0 unspecified atom stereocenters. The maximum Gasteiger partial charge on any atom is 0.204 e. The van der Waals surface area contributed by atoms with Crippen LogP contribution in [-0.4, -0.2) is 21.7 Å². The zero-order valence-corrected chi connectivity index (χ0v) is 14.9. The number of aryl methyl sites for hydroxylation is 2. The average molecular weight is 350 g/mol. The van der Waals surface area contributed by atoms with Gasteiger partial charge in [-0.1, -0.05) is 35.5 Å². The molecular formula is C19H18N4OS. The van der Waals surface area contributed by atoms with Gasteiger partial charge in [0.05, 0.1) is 11.6 Å². The SMILES string of the molecule is Cc1sc2nc(-c3ccno3)nc(NCCc3ccccc3)c2c1C. The minimum Gasteiger partial charge on any atom is -0.369 e. The zero-order valence-electron chi connectivity index (χ0n) is 14.1. The van der Waals surface area contributed by atoms with Crippen LogP contribution >= 0.6 is 11.3 Å². The fraction of sp³-hybridized carbons (Fsp3) is 0.211. The summed E-state index contributed by atoms with van der Waals surface area (Å²) in [6.07, 6.45) is 2.54. The Labute approximate surface area is 149 Å². The molecule has 4 rings (SSSR count). The Hall–Kier alpha value is -2.73. The van der Waals surface area contributed by atoms with Crippen molar-refractivity contribution in [3.8, 4) is 11.6 Å². The summed E-state index contributed by atoms with van der Waals surface area (Å²) >= 11 is 1.68. The monoisotopic (exact) mass is 350 g/mol. The fourth-order valence-corrected chi connectivity index (χ4v) is 3.82. The highest BCUT2D eigenvalue weighted by Crippen LogP contribution is 2.34. The van der Waals surface area contributed by atoms with Gasteiger partial charge in [-0.05, 0) is 31.4 Å². The maximum atomic E-state index is 5.24. The summed E-state index contributed by atoms with van der Waals surface area (Å²) in [5.41, 5.74) is 2.53. The minimum absolute atomic E-state index is 0.563. The Kier molecular flexibility index (Phi) is 4.19. The molecular weight excluding hydrogens is 332 g/mol. The standard InChI is InChI=1S/C19H18N4OS/c1-12-13(2)25-19-16(12)18(20-10-8-14-6-4-3-5-7-14)22-17(23-19)15-9-11-21-24-15/h3-7,9,11H,8,10H2,1-2H3,(H,20,22,23). The molecule has 0 spiro atoms. The molecule has 6 heteroatoms. The van der Waals surface area contributed by atoms with Crippen molar-refractivity contribution >= 4 is 27.4 Å². The van der Waals surface area contributed by atoms with Gasteiger partial charge in [-0.15, -0.1) is 11.3 Å². The van der Waals surface area contributed by atoms with Crippen molar-refractivity contribution in [2.45, 2.75) is 20.3 Å². The lowest BCUT2D eigenvalue weighted by Gasteiger charge is -2.09. The Morgan fingerprint density at radius 3 is 2.68 bits per heavy atom. The molecule has 0 radical (unpaired) electrons. The summed E-state index contributed by atoms with van der Waals surface area (Å²) in [4.78, 5) is 11.6. The molecule has 25 heavy (non-hydrogen) atoms. The topological polar surface area (TPSA) is 63.8 Å². The molecule has 0 saturated carbocycles. The van der Waals surface area contributed by atoms with E-state index in [0.29, 0.717) is 11.6 Å². The van der Waals surface area contributed by atoms with Gasteiger partial charge in [0, 0.05) is 17.5 Å². The highest BCUT2D eigenvalue weighted by Gasteiger charge is 2.16. The number of nitrogens with one attached hydrogen (secondary N) is 1. The molecule has 1 N–H and O–H groups in total. The molecule has 0 amide bonds. The van der Waals surface area contributed by atoms with Gasteiger partial charge in [-0.25, -0.2) is 9.97 Å². The first-order chi connectivity index (χ1) is 12.2. The van der Waals surface area contributed by atoms with E-state index in [1.54, 1.807) is 23.6 Å². The predicted octanol–water partition coefficient (Wildman–Crippen LogP) is 4.62. The molecule has 0 bridgehead atoms. The van der Waals surface area contributed by atoms with Crippen LogP contribution in [0, 0.1) is 13.8 Å². The van der Waals surface area contributed by atoms with Crippen LogP contribution in [0.2, 0.25) is 0 Å². The van der Waals surface area contributed by atoms with Crippen LogP contribution in [0.4, 0.5) is 5.82 Å². The lowest BCUT2D eigenvalue weighted by atomic mass is 10.1. The molecule has 3 heterocycles. The Morgan fingerprint density at radius 1 is 1.08 bits per heavy atom. The third-order valence-corrected chi connectivity index (χ3v) is 5.34. The van der Waals surface area contributed by atoms with E-state index in [-0.39, 0.29) is 0 Å². The van der Waals surface area contributed by atoms with E-state index in [1.165, 1.54) is 16.0 Å².